The van der Waals surface area contributed by atoms with E-state index in [0.717, 1.165) is 32.1 Å². The van der Waals surface area contributed by atoms with Gasteiger partial charge < -0.3 is 9.84 Å². The Bertz CT molecular complexity index is 784. The zero-order chi connectivity index (χ0) is 21.2. The highest BCUT2D eigenvalue weighted by atomic mass is 16.5. The van der Waals surface area contributed by atoms with E-state index < -0.39 is 17.5 Å². The van der Waals surface area contributed by atoms with E-state index in [2.05, 4.69) is 13.8 Å². The zero-order valence-electron chi connectivity index (χ0n) is 18.1. The number of hydrogen-bond donors (Lipinski definition) is 1. The quantitative estimate of drug-likeness (QED) is 0.729. The molecule has 3 saturated carbocycles. The Hall–Kier alpha value is -1.49. The van der Waals surface area contributed by atoms with Crippen LogP contribution in [0.5, 0.6) is 0 Å². The lowest BCUT2D eigenvalue weighted by molar-refractivity contribution is -0.164. The fourth-order valence-corrected chi connectivity index (χ4v) is 7.72. The molecule has 0 amide bonds. The summed E-state index contributed by atoms with van der Waals surface area (Å²) < 4.78 is 5.05. The van der Waals surface area contributed by atoms with Crippen molar-refractivity contribution in [3.05, 3.63) is 11.6 Å². The van der Waals surface area contributed by atoms with E-state index in [9.17, 15) is 19.5 Å². The van der Waals surface area contributed by atoms with E-state index in [-0.39, 0.29) is 34.9 Å². The molecule has 0 aliphatic heterocycles. The van der Waals surface area contributed by atoms with Gasteiger partial charge in [0.15, 0.2) is 18.2 Å². The number of fused-ring (bicyclic) bond motifs is 5. The van der Waals surface area contributed by atoms with Crippen molar-refractivity contribution in [3.8, 4) is 0 Å². The summed E-state index contributed by atoms with van der Waals surface area (Å²) in [5.41, 5.74) is 0.230. The largest absolute Gasteiger partial charge is 0.458 e. The standard InChI is InChI=1S/C24H34O5/c1-14(25)29-13-20(28)23(3)10-8-18-17-6-5-15-11-16(26)7-9-22(15,2)21(17)19(27)12-24(18,23)4/h11,17-19,21,27H,5-10,12-13H2,1-4H3/t17-,18-,19-,21+,22-,23+,24-/m0/s1. The molecule has 5 nitrogen and oxygen atoms in total. The molecule has 4 rings (SSSR count). The van der Waals surface area contributed by atoms with Gasteiger partial charge in [-0.25, -0.2) is 0 Å². The molecule has 0 aromatic carbocycles. The Morgan fingerprint density at radius 2 is 1.90 bits per heavy atom. The Morgan fingerprint density at radius 3 is 2.59 bits per heavy atom. The van der Waals surface area contributed by atoms with Crippen LogP contribution < -0.4 is 0 Å². The van der Waals surface area contributed by atoms with Gasteiger partial charge in [0.25, 0.3) is 0 Å². The number of ketones is 2. The molecule has 4 aliphatic carbocycles. The van der Waals surface area contributed by atoms with Gasteiger partial charge >= 0.3 is 5.97 Å². The van der Waals surface area contributed by atoms with Crippen molar-refractivity contribution in [1.82, 2.24) is 0 Å². The van der Waals surface area contributed by atoms with Crippen LogP contribution in [0, 0.1) is 34.0 Å². The molecule has 0 aromatic heterocycles. The summed E-state index contributed by atoms with van der Waals surface area (Å²) in [7, 11) is 0. The van der Waals surface area contributed by atoms with Crippen LogP contribution in [0.3, 0.4) is 0 Å². The summed E-state index contributed by atoms with van der Waals surface area (Å²) in [4.78, 5) is 36.3. The van der Waals surface area contributed by atoms with E-state index in [0.29, 0.717) is 24.7 Å². The van der Waals surface area contributed by atoms with Crippen molar-refractivity contribution in [3.63, 3.8) is 0 Å². The van der Waals surface area contributed by atoms with Crippen LogP contribution in [0.1, 0.15) is 72.6 Å². The van der Waals surface area contributed by atoms with Gasteiger partial charge in [-0.15, -0.1) is 0 Å². The number of esters is 1. The number of carbonyl (C=O) groups is 3. The third-order valence-corrected chi connectivity index (χ3v) is 9.52. The predicted octanol–water partition coefficient (Wildman–Crippen LogP) is 3.63. The molecular weight excluding hydrogens is 368 g/mol. The second-order valence-corrected chi connectivity index (χ2v) is 10.7. The summed E-state index contributed by atoms with van der Waals surface area (Å²) in [6.45, 7) is 7.58. The van der Waals surface area contributed by atoms with Crippen LogP contribution in [0.4, 0.5) is 0 Å². The fraction of sp³-hybridized carbons (Fsp3) is 0.792. The van der Waals surface area contributed by atoms with Gasteiger partial charge in [-0.3, -0.25) is 14.4 Å². The number of allylic oxidation sites excluding steroid dienone is 1. The summed E-state index contributed by atoms with van der Waals surface area (Å²) in [5.74, 6) is 0.654. The number of hydrogen-bond acceptors (Lipinski definition) is 5. The van der Waals surface area contributed by atoms with Crippen molar-refractivity contribution >= 4 is 17.5 Å². The third-order valence-electron chi connectivity index (χ3n) is 9.52. The van der Waals surface area contributed by atoms with Gasteiger partial charge in [0.05, 0.1) is 6.10 Å². The minimum absolute atomic E-state index is 0.0192. The molecule has 160 valence electrons. The molecule has 1 N–H and O–H groups in total. The summed E-state index contributed by atoms with van der Waals surface area (Å²) >= 11 is 0. The normalized spacial score (nSPS) is 46.2. The molecule has 29 heavy (non-hydrogen) atoms. The molecule has 0 spiro atoms. The highest BCUT2D eigenvalue weighted by Gasteiger charge is 2.66. The maximum Gasteiger partial charge on any atom is 0.303 e. The second-order valence-electron chi connectivity index (χ2n) is 10.7. The first-order chi connectivity index (χ1) is 13.5. The number of rotatable bonds is 3. The molecule has 3 fully saturated rings. The van der Waals surface area contributed by atoms with Crippen LogP contribution in [-0.4, -0.2) is 35.4 Å². The van der Waals surface area contributed by atoms with Gasteiger partial charge in [0, 0.05) is 18.8 Å². The van der Waals surface area contributed by atoms with Crippen molar-refractivity contribution in [2.45, 2.75) is 78.7 Å². The van der Waals surface area contributed by atoms with Gasteiger partial charge in [-0.1, -0.05) is 26.3 Å². The first-order valence-electron chi connectivity index (χ1n) is 11.1. The monoisotopic (exact) mass is 402 g/mol. The van der Waals surface area contributed by atoms with Gasteiger partial charge in [0.2, 0.25) is 0 Å². The van der Waals surface area contributed by atoms with Gasteiger partial charge in [-0.05, 0) is 73.2 Å². The summed E-state index contributed by atoms with van der Waals surface area (Å²) in [6.07, 6.45) is 6.99. The zero-order valence-corrected chi connectivity index (χ0v) is 18.1. The van der Waals surface area contributed by atoms with Crippen molar-refractivity contribution < 1.29 is 24.2 Å². The predicted molar refractivity (Wildman–Crippen MR) is 108 cm³/mol. The van der Waals surface area contributed by atoms with E-state index in [1.165, 1.54) is 12.5 Å². The van der Waals surface area contributed by atoms with Crippen LogP contribution in [0.25, 0.3) is 0 Å². The molecule has 0 heterocycles. The van der Waals surface area contributed by atoms with Crippen LogP contribution >= 0.6 is 0 Å². The first kappa shape index (κ1) is 20.8. The summed E-state index contributed by atoms with van der Waals surface area (Å²) in [6, 6.07) is 0. The Kier molecular flexibility index (Phi) is 4.84. The Balaban J connectivity index is 1.65. The highest BCUT2D eigenvalue weighted by molar-refractivity contribution is 5.91. The maximum absolute atomic E-state index is 13.1. The Labute approximate surface area is 173 Å². The highest BCUT2D eigenvalue weighted by Crippen LogP contribution is 2.69. The van der Waals surface area contributed by atoms with Gasteiger partial charge in [-0.2, -0.15) is 0 Å². The first-order valence-corrected chi connectivity index (χ1v) is 11.1. The van der Waals surface area contributed by atoms with Gasteiger partial charge in [0.1, 0.15) is 0 Å². The molecule has 7 atom stereocenters. The summed E-state index contributed by atoms with van der Waals surface area (Å²) in [5, 5.41) is 11.4. The van der Waals surface area contributed by atoms with E-state index >= 15 is 0 Å². The SMILES string of the molecule is CC(=O)OCC(=O)[C@@]1(C)CC[C@H]2[C@@H]3CCC4=CC(=O)CC[C@]4(C)[C@H]3[C@@H](O)C[C@@]21C. The van der Waals surface area contributed by atoms with Crippen molar-refractivity contribution in [2.24, 2.45) is 34.0 Å². The lowest BCUT2D eigenvalue weighted by atomic mass is 9.44. The molecule has 0 saturated heterocycles. The second kappa shape index (κ2) is 6.76. The van der Waals surface area contributed by atoms with Crippen LogP contribution in [0.15, 0.2) is 11.6 Å². The number of carbonyl (C=O) groups excluding carboxylic acids is 3. The van der Waals surface area contributed by atoms with Crippen LogP contribution in [0.2, 0.25) is 0 Å². The average molecular weight is 403 g/mol. The minimum Gasteiger partial charge on any atom is -0.458 e. The van der Waals surface area contributed by atoms with E-state index in [1.54, 1.807) is 0 Å². The number of Topliss-reactive ketones (excluding diaryl/α,β-unsaturated/α-hetero) is 1. The molecular formula is C24H34O5. The lowest BCUT2D eigenvalue weighted by Gasteiger charge is -2.61. The third kappa shape index (κ3) is 2.87. The molecule has 0 radical (unpaired) electrons. The fourth-order valence-electron chi connectivity index (χ4n) is 7.72. The molecule has 0 bridgehead atoms. The smallest absolute Gasteiger partial charge is 0.303 e. The maximum atomic E-state index is 13.1. The molecule has 0 unspecified atom stereocenters. The number of aliphatic hydroxyl groups excluding tert-OH is 1. The van der Waals surface area contributed by atoms with E-state index in [4.69, 9.17) is 4.74 Å². The average Bonchev–Trinajstić information content (AvgIpc) is 2.91. The molecule has 4 aliphatic rings. The topological polar surface area (TPSA) is 80.7 Å². The van der Waals surface area contributed by atoms with Crippen LogP contribution in [-0.2, 0) is 19.1 Å². The number of ether oxygens (including phenoxy) is 1. The lowest BCUT2D eigenvalue weighted by Crippen LogP contribution is -2.59. The van der Waals surface area contributed by atoms with E-state index in [1.807, 2.05) is 13.0 Å². The van der Waals surface area contributed by atoms with Crippen molar-refractivity contribution in [1.29, 1.82) is 0 Å². The molecule has 5 heteroatoms. The number of aliphatic hydroxyl groups is 1. The molecule has 0 aromatic rings. The minimum atomic E-state index is -0.585. The Morgan fingerprint density at radius 1 is 1.17 bits per heavy atom. The van der Waals surface area contributed by atoms with Crippen molar-refractivity contribution in [2.75, 3.05) is 6.61 Å².